The molecule has 8 aromatic rings. The summed E-state index contributed by atoms with van der Waals surface area (Å²) in [6.07, 6.45) is 0. The molecule has 0 aliphatic carbocycles. The number of halogens is 2. The van der Waals surface area contributed by atoms with Crippen molar-refractivity contribution < 1.29 is 43.6 Å². The molecule has 0 amide bonds. The average Bonchev–Trinajstić information content (AvgIpc) is 4.15. The number of methoxy groups -OCH3 is 2. The fourth-order valence-electron chi connectivity index (χ4n) is 10.8. The van der Waals surface area contributed by atoms with Gasteiger partial charge in [-0.2, -0.15) is 0 Å². The number of aryl methyl sites for hydroxylation is 8. The second-order valence-electron chi connectivity index (χ2n) is 20.6. The fourth-order valence-corrected chi connectivity index (χ4v) is 16.5. The van der Waals surface area contributed by atoms with E-state index in [1.165, 1.54) is 76.3 Å². The molecule has 0 aromatic heterocycles. The topological polar surface area (TPSA) is 107 Å². The second kappa shape index (κ2) is 25.8. The molecule has 2 aliphatic rings. The van der Waals surface area contributed by atoms with E-state index in [1.807, 2.05) is 48.5 Å². The molecule has 0 unspecified atom stereocenters. The molecule has 406 valence electrons. The fraction of sp³-hybridized carbons (Fsp3) is 0.262. The van der Waals surface area contributed by atoms with E-state index in [4.69, 9.17) is 59.3 Å². The molecule has 0 saturated heterocycles. The van der Waals surface area contributed by atoms with Crippen molar-refractivity contribution >= 4 is 67.1 Å². The summed E-state index contributed by atoms with van der Waals surface area (Å²) in [7, 11) is 10.9. The molecule has 10 rings (SSSR count). The molecular formula is C65H70Cl2N2O6P2Ru+2. The zero-order valence-electron chi connectivity index (χ0n) is 46.5. The summed E-state index contributed by atoms with van der Waals surface area (Å²) in [5, 5.41) is 7.61. The van der Waals surface area contributed by atoms with Crippen molar-refractivity contribution in [2.75, 3.05) is 27.8 Å². The molecule has 0 spiro atoms. The van der Waals surface area contributed by atoms with Crippen molar-refractivity contribution in [3.8, 4) is 45.6 Å². The van der Waals surface area contributed by atoms with Crippen LogP contribution in [-0.4, -0.2) is 33.8 Å². The zero-order valence-corrected chi connectivity index (χ0v) is 51.6. The molecule has 8 nitrogen and oxygen atoms in total. The number of rotatable bonds is 13. The van der Waals surface area contributed by atoms with Gasteiger partial charge in [-0.1, -0.05) is 155 Å². The maximum absolute atomic E-state index is 6.86. The van der Waals surface area contributed by atoms with Gasteiger partial charge >= 0.3 is 34.5 Å². The van der Waals surface area contributed by atoms with Crippen molar-refractivity contribution in [1.29, 1.82) is 0 Å². The van der Waals surface area contributed by atoms with E-state index in [0.717, 1.165) is 56.8 Å². The maximum atomic E-state index is 6.86. The van der Waals surface area contributed by atoms with Crippen LogP contribution in [0.3, 0.4) is 0 Å². The molecule has 13 heteroatoms. The summed E-state index contributed by atoms with van der Waals surface area (Å²) in [6, 6.07) is 52.0. The summed E-state index contributed by atoms with van der Waals surface area (Å²) < 4.78 is 35.8. The zero-order chi connectivity index (χ0) is 56.0. The molecule has 4 N–H and O–H groups in total. The average molecular weight is 1210 g/mol. The van der Waals surface area contributed by atoms with Crippen LogP contribution in [0.2, 0.25) is 0 Å². The van der Waals surface area contributed by atoms with Crippen LogP contribution in [-0.2, 0) is 20.7 Å². The van der Waals surface area contributed by atoms with Crippen LogP contribution in [0.25, 0.3) is 11.1 Å². The van der Waals surface area contributed by atoms with E-state index in [9.17, 15) is 0 Å². The van der Waals surface area contributed by atoms with Gasteiger partial charge in [0.05, 0.1) is 19.8 Å². The molecule has 2 heterocycles. The van der Waals surface area contributed by atoms with Crippen LogP contribution in [0.4, 0.5) is 0 Å². The van der Waals surface area contributed by atoms with Crippen molar-refractivity contribution in [1.82, 2.24) is 0 Å². The number of fused-ring (bicyclic) bond motifs is 2. The van der Waals surface area contributed by atoms with Gasteiger partial charge in [0.25, 0.3) is 0 Å². The number of nitrogens with two attached hydrogens (primary N) is 2. The standard InChI is InChI=1S/C46H44O4P2.C19H26N2O2.2ClH.Ru/c1-27-13-28(2)18-35(17-27)51(36-19-29(3)14-30(4)20-36)41-11-9-39-45(49-25-47-39)43(41)44-42(12-10-40-46(44)50-26-48-40)52(37-21-31(5)15-32(6)22-37)38-23-33(7)16-34(8)24-38;1-13(2)18(20)19(21,14-5-9-16(22-3)10-6-14)15-7-11-17(23-4)12-8-15;;;/h9-24H,25-26H2,1-8H3;5-13,18H,20-21H2,1-4H3;2*1H;/q;;;;+4/p-2/t;18-;;;/m.1.../s1. The Balaban J connectivity index is 0.000000258. The van der Waals surface area contributed by atoms with Crippen LogP contribution < -0.4 is 71.7 Å². The first-order valence-corrected chi connectivity index (χ1v) is 33.0. The molecule has 0 fully saturated rings. The summed E-state index contributed by atoms with van der Waals surface area (Å²) in [4.78, 5) is 0. The minimum absolute atomic E-state index is 0.168. The van der Waals surface area contributed by atoms with Crippen LogP contribution in [0.5, 0.6) is 34.5 Å². The molecule has 78 heavy (non-hydrogen) atoms. The Morgan fingerprint density at radius 3 is 1.00 bits per heavy atom. The molecule has 1 atom stereocenters. The van der Waals surface area contributed by atoms with Gasteiger partial charge in [0.2, 0.25) is 13.6 Å². The Morgan fingerprint density at radius 1 is 0.462 bits per heavy atom. The van der Waals surface area contributed by atoms with E-state index >= 15 is 0 Å². The molecule has 0 radical (unpaired) electrons. The minimum atomic E-state index is -1.05. The van der Waals surface area contributed by atoms with E-state index in [2.05, 4.69) is 166 Å². The molecule has 2 aliphatic heterocycles. The Hall–Kier alpha value is -5.46. The Bertz CT molecular complexity index is 3010. The Morgan fingerprint density at radius 2 is 0.744 bits per heavy atom. The van der Waals surface area contributed by atoms with Crippen molar-refractivity contribution in [3.63, 3.8) is 0 Å². The van der Waals surface area contributed by atoms with E-state index < -0.39 is 21.4 Å². The third-order valence-electron chi connectivity index (χ3n) is 14.0. The van der Waals surface area contributed by atoms with Crippen LogP contribution >= 0.6 is 35.2 Å². The normalized spacial score (nSPS) is 12.8. The van der Waals surface area contributed by atoms with Gasteiger partial charge in [0.15, 0.2) is 23.0 Å². The number of benzene rings is 8. The molecule has 0 saturated carbocycles. The summed E-state index contributed by atoms with van der Waals surface area (Å²) in [5.41, 5.74) is 26.6. The summed E-state index contributed by atoms with van der Waals surface area (Å²) in [6.45, 7) is 22.1. The molecule has 0 bridgehead atoms. The van der Waals surface area contributed by atoms with Gasteiger partial charge in [-0.3, -0.25) is 0 Å². The van der Waals surface area contributed by atoms with Crippen LogP contribution in [0, 0.1) is 61.3 Å². The first kappa shape index (κ1) is 58.7. The van der Waals surface area contributed by atoms with Gasteiger partial charge in [-0.25, -0.2) is 0 Å². The molecule has 8 aromatic carbocycles. The quantitative estimate of drug-likeness (QED) is 0.0868. The first-order valence-electron chi connectivity index (χ1n) is 25.8. The SMILES string of the molecule is COc1ccc(C(N)(c2ccc(OC)cc2)[C@H](N)C(C)C)cc1.Cc1cc(C)cc(P(c2cc(C)cc(C)c2)c2ccc3c(c2-c2c(P(c4cc(C)cc(C)c4)c4cc(C)cc(C)c4)ccc4c2OCO4)OCO3)c1.[Cl][Ru+2][Cl]. The van der Waals surface area contributed by atoms with Crippen LogP contribution in [0.15, 0.2) is 146 Å². The molecular weight excluding hydrogens is 1140 g/mol. The van der Waals surface area contributed by atoms with Gasteiger partial charge < -0.3 is 39.9 Å². The van der Waals surface area contributed by atoms with E-state index in [1.54, 1.807) is 14.2 Å². The van der Waals surface area contributed by atoms with Crippen molar-refractivity contribution in [2.24, 2.45) is 17.4 Å². The monoisotopic (exact) mass is 1210 g/mol. The van der Waals surface area contributed by atoms with Gasteiger partial charge in [0, 0.05) is 17.2 Å². The third kappa shape index (κ3) is 12.9. The van der Waals surface area contributed by atoms with E-state index in [0.29, 0.717) is 0 Å². The third-order valence-corrected chi connectivity index (χ3v) is 18.8. The number of hydrogen-bond donors (Lipinski definition) is 2. The predicted molar refractivity (Wildman–Crippen MR) is 325 cm³/mol. The van der Waals surface area contributed by atoms with Crippen molar-refractivity contribution in [3.05, 3.63) is 201 Å². The van der Waals surface area contributed by atoms with Crippen LogP contribution in [0.1, 0.15) is 69.5 Å². The number of hydrogen-bond acceptors (Lipinski definition) is 8. The number of ether oxygens (including phenoxy) is 6. The van der Waals surface area contributed by atoms with Crippen molar-refractivity contribution in [2.45, 2.75) is 80.8 Å². The van der Waals surface area contributed by atoms with Gasteiger partial charge in [0.1, 0.15) is 11.5 Å². The van der Waals surface area contributed by atoms with E-state index in [-0.39, 0.29) is 40.7 Å². The summed E-state index contributed by atoms with van der Waals surface area (Å²) in [5.74, 6) is 4.84. The Kier molecular flexibility index (Phi) is 19.4. The van der Waals surface area contributed by atoms with Gasteiger partial charge in [-0.05, 0) is 169 Å². The first-order chi connectivity index (χ1) is 37.4. The predicted octanol–water partition coefficient (Wildman–Crippen LogP) is 13.1. The summed E-state index contributed by atoms with van der Waals surface area (Å²) >= 11 is -0.346. The second-order valence-corrected chi connectivity index (χ2v) is 27.6. The van der Waals surface area contributed by atoms with Gasteiger partial charge in [-0.15, -0.1) is 0 Å². The Labute approximate surface area is 480 Å².